The molecule has 1 heterocycles. The van der Waals surface area contributed by atoms with E-state index in [-0.39, 0.29) is 17.0 Å². The fourth-order valence-corrected chi connectivity index (χ4v) is 2.05. The normalized spacial score (nSPS) is 22.8. The number of hydrogen-bond acceptors (Lipinski definition) is 3. The van der Waals surface area contributed by atoms with Crippen molar-refractivity contribution < 1.29 is 0 Å². The molecule has 0 bridgehead atoms. The predicted octanol–water partition coefficient (Wildman–Crippen LogP) is 2.57. The summed E-state index contributed by atoms with van der Waals surface area (Å²) in [6.07, 6.45) is 4.98. The fourth-order valence-electron chi connectivity index (χ4n) is 1.23. The lowest BCUT2D eigenvalue weighted by atomic mass is 10.1. The summed E-state index contributed by atoms with van der Waals surface area (Å²) in [4.78, 5) is 4.38. The average Bonchev–Trinajstić information content (AvgIpc) is 2.01. The molecule has 0 amide bonds. The van der Waals surface area contributed by atoms with E-state index in [2.05, 4.69) is 11.9 Å². The van der Waals surface area contributed by atoms with Crippen molar-refractivity contribution in [2.45, 2.75) is 38.6 Å². The van der Waals surface area contributed by atoms with Gasteiger partial charge in [0.15, 0.2) is 5.17 Å². The van der Waals surface area contributed by atoms with E-state index in [1.807, 2.05) is 0 Å². The number of rotatable bonds is 3. The van der Waals surface area contributed by atoms with Gasteiger partial charge in [0.05, 0.1) is 6.04 Å². The lowest BCUT2D eigenvalue weighted by molar-refractivity contribution is 0.566. The van der Waals surface area contributed by atoms with Crippen LogP contribution in [-0.2, 0) is 0 Å². The summed E-state index contributed by atoms with van der Waals surface area (Å²) in [5, 5.41) is 0.789. The Balaban J connectivity index is 0.00000121. The summed E-state index contributed by atoms with van der Waals surface area (Å²) in [6, 6.07) is 0.524. The Morgan fingerprint density at radius 3 is 3.00 bits per heavy atom. The van der Waals surface area contributed by atoms with E-state index >= 15 is 0 Å². The molecule has 0 aromatic heterocycles. The van der Waals surface area contributed by atoms with E-state index in [4.69, 9.17) is 5.73 Å². The number of nitrogens with zero attached hydrogens (tertiary/aromatic N) is 1. The summed E-state index contributed by atoms with van der Waals surface area (Å²) in [6.45, 7) is 2.21. The van der Waals surface area contributed by atoms with Crippen LogP contribution in [0.4, 0.5) is 0 Å². The number of amidine groups is 1. The first-order valence-electron chi connectivity index (χ1n) is 4.29. The van der Waals surface area contributed by atoms with Crippen LogP contribution in [0.3, 0.4) is 0 Å². The Morgan fingerprint density at radius 1 is 1.67 bits per heavy atom. The molecule has 0 spiro atoms. The molecule has 0 saturated heterocycles. The molecular weight excluding hydrogens is 236 g/mol. The van der Waals surface area contributed by atoms with Crippen molar-refractivity contribution in [1.29, 1.82) is 0 Å². The number of halogens is 1. The zero-order valence-electron chi connectivity index (χ0n) is 7.45. The third kappa shape index (κ3) is 4.36. The first-order chi connectivity index (χ1) is 5.33. The Hall–Kier alpha value is 0.300. The first kappa shape index (κ1) is 12.3. The van der Waals surface area contributed by atoms with Gasteiger partial charge in [0.2, 0.25) is 0 Å². The summed E-state index contributed by atoms with van der Waals surface area (Å²) in [5.74, 6) is 1.16. The Morgan fingerprint density at radius 2 is 2.42 bits per heavy atom. The molecule has 1 atom stereocenters. The van der Waals surface area contributed by atoms with Crippen molar-refractivity contribution in [2.24, 2.45) is 10.7 Å². The monoisotopic (exact) mass is 252 g/mol. The molecular formula is C8H17BrN2S. The molecule has 4 heteroatoms. The number of aliphatic imine (C=N–C) groups is 1. The van der Waals surface area contributed by atoms with E-state index in [1.54, 1.807) is 11.8 Å². The fraction of sp³-hybridized carbons (Fsp3) is 0.875. The van der Waals surface area contributed by atoms with Crippen LogP contribution in [-0.4, -0.2) is 17.0 Å². The number of hydrogen-bond donors (Lipinski definition) is 1. The third-order valence-electron chi connectivity index (χ3n) is 1.90. The third-order valence-corrected chi connectivity index (χ3v) is 2.74. The highest BCUT2D eigenvalue weighted by Gasteiger charge is 2.12. The van der Waals surface area contributed by atoms with Crippen LogP contribution in [0.15, 0.2) is 4.99 Å². The maximum Gasteiger partial charge on any atom is 0.154 e. The number of nitrogens with two attached hydrogens (primary N) is 1. The molecule has 0 aromatic carbocycles. The molecule has 2 N–H and O–H groups in total. The second kappa shape index (κ2) is 6.78. The van der Waals surface area contributed by atoms with Crippen molar-refractivity contribution in [1.82, 2.24) is 0 Å². The van der Waals surface area contributed by atoms with Gasteiger partial charge in [-0.2, -0.15) is 0 Å². The average molecular weight is 253 g/mol. The van der Waals surface area contributed by atoms with Gasteiger partial charge in [-0.3, -0.25) is 4.99 Å². The van der Waals surface area contributed by atoms with Crippen molar-refractivity contribution in [3.05, 3.63) is 0 Å². The van der Waals surface area contributed by atoms with Crippen LogP contribution >= 0.6 is 28.7 Å². The highest BCUT2D eigenvalue weighted by atomic mass is 79.9. The second-order valence-corrected chi connectivity index (χ2v) is 4.02. The first-order valence-corrected chi connectivity index (χ1v) is 5.27. The van der Waals surface area contributed by atoms with Gasteiger partial charge >= 0.3 is 0 Å². The van der Waals surface area contributed by atoms with E-state index in [0.29, 0.717) is 6.04 Å². The highest BCUT2D eigenvalue weighted by Crippen LogP contribution is 2.18. The van der Waals surface area contributed by atoms with E-state index in [9.17, 15) is 0 Å². The van der Waals surface area contributed by atoms with Crippen molar-refractivity contribution >= 4 is 33.9 Å². The van der Waals surface area contributed by atoms with Gasteiger partial charge in [0.1, 0.15) is 0 Å². The summed E-state index contributed by atoms with van der Waals surface area (Å²) < 4.78 is 0. The molecule has 0 fully saturated rings. The van der Waals surface area contributed by atoms with Crippen molar-refractivity contribution in [3.8, 4) is 0 Å². The second-order valence-electron chi connectivity index (χ2n) is 2.90. The van der Waals surface area contributed by atoms with Crippen LogP contribution in [0.2, 0.25) is 0 Å². The molecule has 0 radical (unpaired) electrons. The smallest absolute Gasteiger partial charge is 0.154 e. The molecule has 0 aliphatic carbocycles. The van der Waals surface area contributed by atoms with Crippen LogP contribution < -0.4 is 5.73 Å². The van der Waals surface area contributed by atoms with Gasteiger partial charge in [0, 0.05) is 5.75 Å². The molecule has 1 aliphatic rings. The van der Waals surface area contributed by atoms with Crippen molar-refractivity contribution in [3.63, 3.8) is 0 Å². The van der Waals surface area contributed by atoms with Crippen LogP contribution in [0.25, 0.3) is 0 Å². The molecule has 0 aromatic rings. The molecule has 72 valence electrons. The Bertz CT molecular complexity index is 150. The Kier molecular flexibility index (Phi) is 6.95. The van der Waals surface area contributed by atoms with Gasteiger partial charge in [-0.15, -0.1) is 17.0 Å². The maximum absolute atomic E-state index is 5.61. The van der Waals surface area contributed by atoms with Gasteiger partial charge in [-0.25, -0.2) is 0 Å². The Labute approximate surface area is 89.2 Å². The largest absolute Gasteiger partial charge is 0.379 e. The molecule has 1 rings (SSSR count). The summed E-state index contributed by atoms with van der Waals surface area (Å²) in [5.41, 5.74) is 5.61. The van der Waals surface area contributed by atoms with Crippen molar-refractivity contribution in [2.75, 3.05) is 5.75 Å². The summed E-state index contributed by atoms with van der Waals surface area (Å²) >= 11 is 1.68. The van der Waals surface area contributed by atoms with Gasteiger partial charge in [-0.05, 0) is 12.8 Å². The van der Waals surface area contributed by atoms with E-state index in [0.717, 1.165) is 10.9 Å². The summed E-state index contributed by atoms with van der Waals surface area (Å²) in [7, 11) is 0. The van der Waals surface area contributed by atoms with Crippen LogP contribution in [0.1, 0.15) is 32.6 Å². The minimum Gasteiger partial charge on any atom is -0.379 e. The topological polar surface area (TPSA) is 38.4 Å². The van der Waals surface area contributed by atoms with Crippen LogP contribution in [0, 0.1) is 0 Å². The SMILES string of the molecule is Br.CCCCC1CCSC(N)=N1. The molecule has 1 unspecified atom stereocenters. The molecule has 12 heavy (non-hydrogen) atoms. The van der Waals surface area contributed by atoms with Crippen LogP contribution in [0.5, 0.6) is 0 Å². The molecule has 2 nitrogen and oxygen atoms in total. The zero-order chi connectivity index (χ0) is 8.10. The minimum absolute atomic E-state index is 0. The van der Waals surface area contributed by atoms with E-state index in [1.165, 1.54) is 25.7 Å². The highest BCUT2D eigenvalue weighted by molar-refractivity contribution is 8.93. The zero-order valence-corrected chi connectivity index (χ0v) is 9.98. The number of thioether (sulfide) groups is 1. The lowest BCUT2D eigenvalue weighted by Gasteiger charge is -2.17. The van der Waals surface area contributed by atoms with Gasteiger partial charge < -0.3 is 5.73 Å². The predicted molar refractivity (Wildman–Crippen MR) is 62.3 cm³/mol. The maximum atomic E-state index is 5.61. The standard InChI is InChI=1S/C8H16N2S.BrH/c1-2-3-4-7-5-6-11-8(9)10-7;/h7H,2-6H2,1H3,(H2,9,10);1H. The number of unbranched alkanes of at least 4 members (excludes halogenated alkanes) is 1. The van der Waals surface area contributed by atoms with Gasteiger partial charge in [0.25, 0.3) is 0 Å². The minimum atomic E-state index is 0. The molecule has 0 saturated carbocycles. The van der Waals surface area contributed by atoms with E-state index < -0.39 is 0 Å². The quantitative estimate of drug-likeness (QED) is 0.839. The molecule has 1 aliphatic heterocycles. The lowest BCUT2D eigenvalue weighted by Crippen LogP contribution is -2.20. The van der Waals surface area contributed by atoms with Gasteiger partial charge in [-0.1, -0.05) is 31.5 Å².